The number of carbonyl (C=O) groups excluding carboxylic acids is 2. The van der Waals surface area contributed by atoms with E-state index in [0.717, 1.165) is 0 Å². The molecule has 1 aromatic rings. The Hall–Kier alpha value is -2.24. The van der Waals surface area contributed by atoms with Gasteiger partial charge in [-0.2, -0.15) is 0 Å². The summed E-state index contributed by atoms with van der Waals surface area (Å²) in [6.07, 6.45) is 0. The molecular formula is C10H11N3O3. The molecule has 1 heterocycles. The molecule has 0 unspecified atom stereocenters. The molecule has 1 aliphatic heterocycles. The van der Waals surface area contributed by atoms with Crippen LogP contribution in [0, 0.1) is 0 Å². The molecule has 0 aliphatic carbocycles. The van der Waals surface area contributed by atoms with E-state index in [1.54, 1.807) is 18.2 Å². The number of ether oxygens (including phenoxy) is 1. The maximum absolute atomic E-state index is 11.6. The van der Waals surface area contributed by atoms with Gasteiger partial charge in [-0.05, 0) is 18.2 Å². The number of carbonyl (C=O) groups is 2. The zero-order valence-corrected chi connectivity index (χ0v) is 8.47. The van der Waals surface area contributed by atoms with Crippen LogP contribution in [0.4, 0.5) is 11.4 Å². The minimum atomic E-state index is -0.580. The van der Waals surface area contributed by atoms with E-state index in [1.165, 1.54) is 4.90 Å². The van der Waals surface area contributed by atoms with Gasteiger partial charge in [0.2, 0.25) is 5.91 Å². The van der Waals surface area contributed by atoms with Crippen LogP contribution < -0.4 is 21.1 Å². The minimum Gasteiger partial charge on any atom is -0.482 e. The number of benzene rings is 1. The van der Waals surface area contributed by atoms with Crippen LogP contribution in [0.5, 0.6) is 5.75 Å². The highest BCUT2D eigenvalue weighted by Gasteiger charge is 2.26. The van der Waals surface area contributed by atoms with Crippen molar-refractivity contribution in [3.63, 3.8) is 0 Å². The summed E-state index contributed by atoms with van der Waals surface area (Å²) < 4.78 is 5.20. The number of primary amides is 1. The second kappa shape index (κ2) is 3.73. The summed E-state index contributed by atoms with van der Waals surface area (Å²) in [6, 6.07) is 4.90. The highest BCUT2D eigenvalue weighted by Crippen LogP contribution is 2.33. The quantitative estimate of drug-likeness (QED) is 0.656. The van der Waals surface area contributed by atoms with Crippen molar-refractivity contribution in [2.75, 3.05) is 23.8 Å². The van der Waals surface area contributed by atoms with Gasteiger partial charge in [-0.15, -0.1) is 0 Å². The Morgan fingerprint density at radius 3 is 2.94 bits per heavy atom. The van der Waals surface area contributed by atoms with E-state index in [2.05, 4.69) is 0 Å². The first-order chi connectivity index (χ1) is 7.58. The van der Waals surface area contributed by atoms with Gasteiger partial charge in [-0.3, -0.25) is 14.5 Å². The zero-order chi connectivity index (χ0) is 11.7. The average molecular weight is 221 g/mol. The molecule has 0 bridgehead atoms. The van der Waals surface area contributed by atoms with Crippen molar-refractivity contribution in [1.29, 1.82) is 0 Å². The number of nitrogen functional groups attached to an aromatic ring is 1. The number of amides is 2. The molecule has 2 rings (SSSR count). The first-order valence-electron chi connectivity index (χ1n) is 4.69. The molecule has 16 heavy (non-hydrogen) atoms. The molecule has 2 amide bonds. The van der Waals surface area contributed by atoms with Gasteiger partial charge >= 0.3 is 0 Å². The van der Waals surface area contributed by atoms with Gasteiger partial charge in [0, 0.05) is 5.69 Å². The molecular weight excluding hydrogens is 210 g/mol. The van der Waals surface area contributed by atoms with Crippen molar-refractivity contribution in [2.24, 2.45) is 5.73 Å². The normalized spacial score (nSPS) is 14.2. The number of hydrogen-bond donors (Lipinski definition) is 2. The van der Waals surface area contributed by atoms with Gasteiger partial charge in [0.05, 0.1) is 5.69 Å². The summed E-state index contributed by atoms with van der Waals surface area (Å²) in [5, 5.41) is 0. The lowest BCUT2D eigenvalue weighted by atomic mass is 10.2. The standard InChI is InChI=1S/C10H11N3O3/c11-6-1-2-8-7(3-6)13(4-9(12)14)10(15)5-16-8/h1-3H,4-5,11H2,(H2,12,14). The Morgan fingerprint density at radius 2 is 2.25 bits per heavy atom. The second-order valence-electron chi connectivity index (χ2n) is 3.46. The van der Waals surface area contributed by atoms with Crippen LogP contribution in [0.2, 0.25) is 0 Å². The second-order valence-corrected chi connectivity index (χ2v) is 3.46. The largest absolute Gasteiger partial charge is 0.482 e. The van der Waals surface area contributed by atoms with Crippen molar-refractivity contribution < 1.29 is 14.3 Å². The summed E-state index contributed by atoms with van der Waals surface area (Å²) in [6.45, 7) is -0.261. The van der Waals surface area contributed by atoms with Crippen molar-refractivity contribution >= 4 is 23.2 Å². The molecule has 0 spiro atoms. The SMILES string of the molecule is NC(=O)CN1C(=O)COc2ccc(N)cc21. The Kier molecular flexibility index (Phi) is 2.40. The molecule has 0 fully saturated rings. The number of nitrogens with two attached hydrogens (primary N) is 2. The lowest BCUT2D eigenvalue weighted by Crippen LogP contribution is -2.43. The van der Waals surface area contributed by atoms with Gasteiger partial charge in [0.1, 0.15) is 12.3 Å². The smallest absolute Gasteiger partial charge is 0.265 e. The molecule has 6 heteroatoms. The van der Waals surface area contributed by atoms with Crippen molar-refractivity contribution in [1.82, 2.24) is 0 Å². The third-order valence-corrected chi connectivity index (χ3v) is 2.24. The number of nitrogens with zero attached hydrogens (tertiary/aromatic N) is 1. The third kappa shape index (κ3) is 1.77. The Balaban J connectivity index is 2.42. The summed E-state index contributed by atoms with van der Waals surface area (Å²) in [5.74, 6) is -0.365. The maximum Gasteiger partial charge on any atom is 0.265 e. The van der Waals surface area contributed by atoms with Gasteiger partial charge in [0.25, 0.3) is 5.91 Å². The van der Waals surface area contributed by atoms with Crippen molar-refractivity contribution in [3.05, 3.63) is 18.2 Å². The van der Waals surface area contributed by atoms with Gasteiger partial charge in [0.15, 0.2) is 6.61 Å². The summed E-state index contributed by atoms with van der Waals surface area (Å²) >= 11 is 0. The Morgan fingerprint density at radius 1 is 1.50 bits per heavy atom. The fourth-order valence-electron chi connectivity index (χ4n) is 1.55. The lowest BCUT2D eigenvalue weighted by molar-refractivity contribution is -0.124. The number of anilines is 2. The molecule has 1 aliphatic rings. The van der Waals surface area contributed by atoms with Crippen LogP contribution in [-0.4, -0.2) is 25.0 Å². The predicted octanol–water partition coefficient (Wildman–Crippen LogP) is -0.520. The molecule has 6 nitrogen and oxygen atoms in total. The van der Waals surface area contributed by atoms with Crippen LogP contribution in [0.1, 0.15) is 0 Å². The Bertz CT molecular complexity index is 459. The molecule has 0 aromatic heterocycles. The minimum absolute atomic E-state index is 0.0931. The van der Waals surface area contributed by atoms with E-state index in [1.807, 2.05) is 0 Å². The summed E-state index contributed by atoms with van der Waals surface area (Å²) in [5.41, 5.74) is 11.7. The average Bonchev–Trinajstić information content (AvgIpc) is 2.22. The molecule has 1 aromatic carbocycles. The number of fused-ring (bicyclic) bond motifs is 1. The number of hydrogen-bond acceptors (Lipinski definition) is 4. The van der Waals surface area contributed by atoms with Gasteiger partial charge in [-0.1, -0.05) is 0 Å². The molecule has 0 radical (unpaired) electrons. The maximum atomic E-state index is 11.6. The van der Waals surface area contributed by atoms with E-state index < -0.39 is 5.91 Å². The molecule has 4 N–H and O–H groups in total. The molecule has 0 saturated carbocycles. The van der Waals surface area contributed by atoms with E-state index in [4.69, 9.17) is 16.2 Å². The van der Waals surface area contributed by atoms with Crippen LogP contribution in [0.3, 0.4) is 0 Å². The molecule has 0 saturated heterocycles. The lowest BCUT2D eigenvalue weighted by Gasteiger charge is -2.28. The van der Waals surface area contributed by atoms with E-state index >= 15 is 0 Å². The third-order valence-electron chi connectivity index (χ3n) is 2.24. The topological polar surface area (TPSA) is 98.7 Å². The van der Waals surface area contributed by atoms with Gasteiger partial charge in [-0.25, -0.2) is 0 Å². The first-order valence-corrected chi connectivity index (χ1v) is 4.69. The number of rotatable bonds is 2. The fraction of sp³-hybridized carbons (Fsp3) is 0.200. The highest BCUT2D eigenvalue weighted by atomic mass is 16.5. The van der Waals surface area contributed by atoms with Crippen LogP contribution >= 0.6 is 0 Å². The van der Waals surface area contributed by atoms with Crippen LogP contribution in [0.25, 0.3) is 0 Å². The fourth-order valence-corrected chi connectivity index (χ4v) is 1.55. The van der Waals surface area contributed by atoms with Crippen LogP contribution in [0.15, 0.2) is 18.2 Å². The zero-order valence-electron chi connectivity index (χ0n) is 8.47. The van der Waals surface area contributed by atoms with Gasteiger partial charge < -0.3 is 16.2 Å². The van der Waals surface area contributed by atoms with Crippen LogP contribution in [-0.2, 0) is 9.59 Å². The Labute approximate surface area is 91.8 Å². The first kappa shape index (κ1) is 10.3. The molecule has 0 atom stereocenters. The van der Waals surface area contributed by atoms with E-state index in [9.17, 15) is 9.59 Å². The predicted molar refractivity (Wildman–Crippen MR) is 57.9 cm³/mol. The van der Waals surface area contributed by atoms with Crippen molar-refractivity contribution in [3.8, 4) is 5.75 Å². The summed E-state index contributed by atoms with van der Waals surface area (Å²) in [7, 11) is 0. The van der Waals surface area contributed by atoms with Crippen molar-refractivity contribution in [2.45, 2.75) is 0 Å². The van der Waals surface area contributed by atoms with E-state index in [-0.39, 0.29) is 19.1 Å². The summed E-state index contributed by atoms with van der Waals surface area (Å²) in [4.78, 5) is 23.7. The monoisotopic (exact) mass is 221 g/mol. The highest BCUT2D eigenvalue weighted by molar-refractivity contribution is 6.02. The van der Waals surface area contributed by atoms with E-state index in [0.29, 0.717) is 17.1 Å². The molecule has 84 valence electrons.